The van der Waals surface area contributed by atoms with E-state index in [0.29, 0.717) is 6.04 Å². The number of fused-ring (bicyclic) bond motifs is 4. The standard InChI is InChI=1S/C12H16N6.ClH/c1-3-18-4-2-8(1)9(5-18)17-12-10-11(14-6-13-10)15-7-16-12;/h6-9H,1-5H2,(H2,13,14,15,16,17);1H. The summed E-state index contributed by atoms with van der Waals surface area (Å²) in [5.74, 6) is 1.67. The van der Waals surface area contributed by atoms with Gasteiger partial charge in [-0.3, -0.25) is 0 Å². The molecule has 2 N–H and O–H groups in total. The van der Waals surface area contributed by atoms with E-state index in [1.54, 1.807) is 12.7 Å². The van der Waals surface area contributed by atoms with Gasteiger partial charge < -0.3 is 15.2 Å². The average molecular weight is 281 g/mol. The van der Waals surface area contributed by atoms with Gasteiger partial charge in [-0.1, -0.05) is 0 Å². The molecule has 5 heterocycles. The second-order valence-corrected chi connectivity index (χ2v) is 5.21. The van der Waals surface area contributed by atoms with Crippen LogP contribution in [0.15, 0.2) is 12.7 Å². The van der Waals surface area contributed by atoms with Gasteiger partial charge in [-0.25, -0.2) is 15.0 Å². The van der Waals surface area contributed by atoms with Crippen LogP contribution in [0.25, 0.3) is 11.2 Å². The van der Waals surface area contributed by atoms with Crippen LogP contribution >= 0.6 is 12.4 Å². The molecular weight excluding hydrogens is 264 g/mol. The summed E-state index contributed by atoms with van der Waals surface area (Å²) in [6, 6.07) is 0.508. The van der Waals surface area contributed by atoms with Crippen molar-refractivity contribution in [1.82, 2.24) is 24.8 Å². The Balaban J connectivity index is 0.00000110. The molecule has 0 spiro atoms. The van der Waals surface area contributed by atoms with Crippen LogP contribution in [0.2, 0.25) is 0 Å². The van der Waals surface area contributed by atoms with Crippen LogP contribution in [0.4, 0.5) is 5.82 Å². The minimum absolute atomic E-state index is 0. The molecule has 0 aromatic carbocycles. The number of piperidine rings is 3. The summed E-state index contributed by atoms with van der Waals surface area (Å²) < 4.78 is 0. The fourth-order valence-corrected chi connectivity index (χ4v) is 3.18. The van der Waals surface area contributed by atoms with E-state index in [1.807, 2.05) is 0 Å². The van der Waals surface area contributed by atoms with Crippen LogP contribution < -0.4 is 5.32 Å². The summed E-state index contributed by atoms with van der Waals surface area (Å²) in [6.45, 7) is 3.64. The highest BCUT2D eigenvalue weighted by Crippen LogP contribution is 2.30. The van der Waals surface area contributed by atoms with E-state index in [9.17, 15) is 0 Å². The predicted molar refractivity (Wildman–Crippen MR) is 75.5 cm³/mol. The van der Waals surface area contributed by atoms with Gasteiger partial charge in [0.15, 0.2) is 11.5 Å². The highest BCUT2D eigenvalue weighted by Gasteiger charge is 2.34. The Morgan fingerprint density at radius 2 is 2.05 bits per heavy atom. The third kappa shape index (κ3) is 2.15. The Kier molecular flexibility index (Phi) is 3.28. The van der Waals surface area contributed by atoms with Crippen molar-refractivity contribution in [3.8, 4) is 0 Å². The largest absolute Gasteiger partial charge is 0.364 e. The fourth-order valence-electron chi connectivity index (χ4n) is 3.18. The van der Waals surface area contributed by atoms with Gasteiger partial charge in [0.1, 0.15) is 11.8 Å². The second kappa shape index (κ2) is 4.94. The van der Waals surface area contributed by atoms with Gasteiger partial charge in [0.2, 0.25) is 0 Å². The zero-order valence-electron chi connectivity index (χ0n) is 10.5. The first-order valence-corrected chi connectivity index (χ1v) is 6.53. The SMILES string of the molecule is Cl.c1nc(NC2CN3CCC2CC3)c2[nH]cnc2n1. The molecule has 3 aliphatic heterocycles. The monoisotopic (exact) mass is 280 g/mol. The molecule has 0 amide bonds. The first-order valence-electron chi connectivity index (χ1n) is 6.53. The molecule has 3 aliphatic rings. The van der Waals surface area contributed by atoms with E-state index < -0.39 is 0 Å². The molecule has 1 unspecified atom stereocenters. The predicted octanol–water partition coefficient (Wildman–Crippen LogP) is 1.28. The Bertz CT molecular complexity index is 562. The van der Waals surface area contributed by atoms with Gasteiger partial charge in [-0.15, -0.1) is 12.4 Å². The summed E-state index contributed by atoms with van der Waals surface area (Å²) in [5.41, 5.74) is 1.64. The number of hydrogen-bond donors (Lipinski definition) is 2. The summed E-state index contributed by atoms with van der Waals surface area (Å²) in [5, 5.41) is 3.58. The molecule has 1 atom stereocenters. The lowest BCUT2D eigenvalue weighted by Crippen LogP contribution is -2.53. The lowest BCUT2D eigenvalue weighted by molar-refractivity contribution is 0.0974. The Hall–Kier alpha value is -1.40. The molecule has 2 aromatic rings. The average Bonchev–Trinajstić information content (AvgIpc) is 2.90. The molecule has 19 heavy (non-hydrogen) atoms. The van der Waals surface area contributed by atoms with Crippen molar-refractivity contribution in [3.63, 3.8) is 0 Å². The number of aromatic nitrogens is 4. The first-order chi connectivity index (χ1) is 8.90. The van der Waals surface area contributed by atoms with E-state index in [4.69, 9.17) is 0 Å². The van der Waals surface area contributed by atoms with Crippen molar-refractivity contribution in [1.29, 1.82) is 0 Å². The summed E-state index contributed by atoms with van der Waals surface area (Å²) in [6.07, 6.45) is 5.84. The molecule has 3 saturated heterocycles. The van der Waals surface area contributed by atoms with E-state index in [2.05, 4.69) is 30.2 Å². The minimum Gasteiger partial charge on any atom is -0.364 e. The lowest BCUT2D eigenvalue weighted by atomic mass is 9.84. The smallest absolute Gasteiger partial charge is 0.182 e. The van der Waals surface area contributed by atoms with Crippen molar-refractivity contribution in [2.45, 2.75) is 18.9 Å². The van der Waals surface area contributed by atoms with Crippen molar-refractivity contribution in [2.24, 2.45) is 5.92 Å². The number of anilines is 1. The molecule has 5 rings (SSSR count). The van der Waals surface area contributed by atoms with Crippen molar-refractivity contribution in [3.05, 3.63) is 12.7 Å². The van der Waals surface area contributed by atoms with Crippen LogP contribution in [0.3, 0.4) is 0 Å². The second-order valence-electron chi connectivity index (χ2n) is 5.21. The zero-order chi connectivity index (χ0) is 11.9. The number of hydrogen-bond acceptors (Lipinski definition) is 5. The van der Waals surface area contributed by atoms with Crippen LogP contribution in [-0.2, 0) is 0 Å². The Morgan fingerprint density at radius 3 is 2.79 bits per heavy atom. The number of halogens is 1. The molecule has 0 radical (unpaired) electrons. The molecule has 2 aromatic heterocycles. The van der Waals surface area contributed by atoms with Crippen LogP contribution in [-0.4, -0.2) is 50.5 Å². The van der Waals surface area contributed by atoms with Crippen LogP contribution in [0.5, 0.6) is 0 Å². The summed E-state index contributed by atoms with van der Waals surface area (Å²) >= 11 is 0. The maximum Gasteiger partial charge on any atom is 0.182 e. The van der Waals surface area contributed by atoms with Crippen molar-refractivity contribution >= 4 is 29.4 Å². The number of imidazole rings is 1. The zero-order valence-corrected chi connectivity index (χ0v) is 11.4. The van der Waals surface area contributed by atoms with Crippen molar-refractivity contribution in [2.75, 3.05) is 25.0 Å². The number of H-pyrrole nitrogens is 1. The number of nitrogens with one attached hydrogen (secondary N) is 2. The normalized spacial score (nSPS) is 29.2. The fraction of sp³-hybridized carbons (Fsp3) is 0.583. The third-order valence-corrected chi connectivity index (χ3v) is 4.20. The molecule has 0 aliphatic carbocycles. The topological polar surface area (TPSA) is 69.7 Å². The van der Waals surface area contributed by atoms with Gasteiger partial charge in [-0.05, 0) is 31.8 Å². The maximum atomic E-state index is 4.34. The third-order valence-electron chi connectivity index (χ3n) is 4.20. The highest BCUT2D eigenvalue weighted by molar-refractivity contribution is 5.85. The molecule has 0 saturated carbocycles. The van der Waals surface area contributed by atoms with E-state index in [-0.39, 0.29) is 12.4 Å². The Morgan fingerprint density at radius 1 is 1.21 bits per heavy atom. The van der Waals surface area contributed by atoms with Crippen LogP contribution in [0.1, 0.15) is 12.8 Å². The van der Waals surface area contributed by atoms with Gasteiger partial charge in [0, 0.05) is 12.6 Å². The molecule has 6 nitrogen and oxygen atoms in total. The quantitative estimate of drug-likeness (QED) is 0.867. The van der Waals surface area contributed by atoms with Crippen LogP contribution in [0, 0.1) is 5.92 Å². The lowest BCUT2D eigenvalue weighted by Gasteiger charge is -2.45. The summed E-state index contributed by atoms with van der Waals surface area (Å²) in [4.78, 5) is 18.3. The number of rotatable bonds is 2. The molecule has 102 valence electrons. The van der Waals surface area contributed by atoms with Crippen molar-refractivity contribution < 1.29 is 0 Å². The molecular formula is C12H17ClN6. The summed E-state index contributed by atoms with van der Waals surface area (Å²) in [7, 11) is 0. The Labute approximate surface area is 117 Å². The molecule has 7 heteroatoms. The van der Waals surface area contributed by atoms with Gasteiger partial charge in [0.25, 0.3) is 0 Å². The van der Waals surface area contributed by atoms with E-state index in [0.717, 1.165) is 29.4 Å². The first kappa shape index (κ1) is 12.6. The van der Waals surface area contributed by atoms with E-state index >= 15 is 0 Å². The number of nitrogens with zero attached hydrogens (tertiary/aromatic N) is 4. The van der Waals surface area contributed by atoms with Gasteiger partial charge in [0.05, 0.1) is 6.33 Å². The molecule has 3 fully saturated rings. The minimum atomic E-state index is 0. The molecule has 2 bridgehead atoms. The van der Waals surface area contributed by atoms with E-state index in [1.165, 1.54) is 25.9 Å². The van der Waals surface area contributed by atoms with Gasteiger partial charge in [-0.2, -0.15) is 0 Å². The van der Waals surface area contributed by atoms with Gasteiger partial charge >= 0.3 is 0 Å². The number of aromatic amines is 1. The highest BCUT2D eigenvalue weighted by atomic mass is 35.5. The maximum absolute atomic E-state index is 4.34.